The van der Waals surface area contributed by atoms with Gasteiger partial charge < -0.3 is 4.74 Å². The molecule has 1 aliphatic carbocycles. The fourth-order valence-electron chi connectivity index (χ4n) is 2.18. The van der Waals surface area contributed by atoms with Crippen LogP contribution in [0.15, 0.2) is 0 Å². The second kappa shape index (κ2) is 5.92. The highest BCUT2D eigenvalue weighted by molar-refractivity contribution is 6.30. The van der Waals surface area contributed by atoms with Crippen molar-refractivity contribution < 1.29 is 9.53 Å². The monoisotopic (exact) mass is 285 g/mol. The average Bonchev–Trinajstić information content (AvgIpc) is 3.14. The molecule has 1 fully saturated rings. The summed E-state index contributed by atoms with van der Waals surface area (Å²) in [6.07, 6.45) is 2.27. The van der Waals surface area contributed by atoms with Crippen molar-refractivity contribution in [3.63, 3.8) is 0 Å². The van der Waals surface area contributed by atoms with Crippen LogP contribution in [-0.4, -0.2) is 39.8 Å². The standard InChI is InChI=1S/C13H20ClN3O2/c1-4-19-12(18)8-17(10-5-6-10)7-11-9(2)15-16(3)13(11)14/h10H,4-8H2,1-3H3. The van der Waals surface area contributed by atoms with Crippen LogP contribution in [0.25, 0.3) is 0 Å². The molecule has 106 valence electrons. The number of aromatic nitrogens is 2. The predicted molar refractivity (Wildman–Crippen MR) is 73.0 cm³/mol. The molecular weight excluding hydrogens is 266 g/mol. The number of hydrogen-bond donors (Lipinski definition) is 0. The molecule has 0 saturated heterocycles. The van der Waals surface area contributed by atoms with Crippen molar-refractivity contribution in [2.45, 2.75) is 39.3 Å². The van der Waals surface area contributed by atoms with Gasteiger partial charge in [0, 0.05) is 25.2 Å². The zero-order valence-electron chi connectivity index (χ0n) is 11.6. The lowest BCUT2D eigenvalue weighted by Gasteiger charge is -2.20. The molecule has 2 rings (SSSR count). The molecule has 0 aliphatic heterocycles. The maximum Gasteiger partial charge on any atom is 0.320 e. The number of rotatable bonds is 6. The van der Waals surface area contributed by atoms with E-state index in [1.54, 1.807) is 4.68 Å². The number of esters is 1. The number of nitrogens with zero attached hydrogens (tertiary/aromatic N) is 3. The topological polar surface area (TPSA) is 47.4 Å². The Bertz CT molecular complexity index is 469. The van der Waals surface area contributed by atoms with Crippen molar-refractivity contribution >= 4 is 17.6 Å². The summed E-state index contributed by atoms with van der Waals surface area (Å²) in [5, 5.41) is 4.95. The van der Waals surface area contributed by atoms with E-state index in [-0.39, 0.29) is 5.97 Å². The van der Waals surface area contributed by atoms with E-state index in [0.717, 1.165) is 24.1 Å². The van der Waals surface area contributed by atoms with Crippen LogP contribution >= 0.6 is 11.6 Å². The fourth-order valence-corrected chi connectivity index (χ4v) is 2.42. The summed E-state index contributed by atoms with van der Waals surface area (Å²) < 4.78 is 6.69. The van der Waals surface area contributed by atoms with Crippen LogP contribution in [0, 0.1) is 6.92 Å². The van der Waals surface area contributed by atoms with E-state index >= 15 is 0 Å². The van der Waals surface area contributed by atoms with E-state index in [1.807, 2.05) is 20.9 Å². The van der Waals surface area contributed by atoms with Gasteiger partial charge in [-0.2, -0.15) is 5.10 Å². The minimum absolute atomic E-state index is 0.174. The van der Waals surface area contributed by atoms with Gasteiger partial charge in [0.2, 0.25) is 0 Å². The summed E-state index contributed by atoms with van der Waals surface area (Å²) in [7, 11) is 1.83. The highest BCUT2D eigenvalue weighted by Gasteiger charge is 2.32. The van der Waals surface area contributed by atoms with Gasteiger partial charge in [-0.15, -0.1) is 0 Å². The molecular formula is C13H20ClN3O2. The maximum atomic E-state index is 11.6. The summed E-state index contributed by atoms with van der Waals surface area (Å²) in [4.78, 5) is 13.8. The Morgan fingerprint density at radius 1 is 1.58 bits per heavy atom. The van der Waals surface area contributed by atoms with Crippen molar-refractivity contribution in [2.24, 2.45) is 7.05 Å². The molecule has 5 nitrogen and oxygen atoms in total. The van der Waals surface area contributed by atoms with Gasteiger partial charge in [0.1, 0.15) is 5.15 Å². The molecule has 0 spiro atoms. The Kier molecular flexibility index (Phi) is 4.47. The Morgan fingerprint density at radius 3 is 2.74 bits per heavy atom. The Morgan fingerprint density at radius 2 is 2.26 bits per heavy atom. The van der Waals surface area contributed by atoms with Gasteiger partial charge in [-0.25, -0.2) is 0 Å². The van der Waals surface area contributed by atoms with Crippen molar-refractivity contribution in [1.82, 2.24) is 14.7 Å². The molecule has 0 N–H and O–H groups in total. The normalized spacial score (nSPS) is 15.0. The average molecular weight is 286 g/mol. The molecule has 1 aromatic rings. The number of carbonyl (C=O) groups is 1. The number of ether oxygens (including phenoxy) is 1. The van der Waals surface area contributed by atoms with E-state index in [4.69, 9.17) is 16.3 Å². The Hall–Kier alpha value is -1.07. The minimum atomic E-state index is -0.174. The first-order valence-electron chi connectivity index (χ1n) is 6.60. The van der Waals surface area contributed by atoms with Crippen LogP contribution in [0.4, 0.5) is 0 Å². The molecule has 0 bridgehead atoms. The first kappa shape index (κ1) is 14.3. The van der Waals surface area contributed by atoms with Crippen LogP contribution in [0.5, 0.6) is 0 Å². The van der Waals surface area contributed by atoms with Crippen LogP contribution in [0.1, 0.15) is 31.0 Å². The van der Waals surface area contributed by atoms with Gasteiger partial charge in [-0.05, 0) is 26.7 Å². The third-order valence-corrected chi connectivity index (χ3v) is 3.80. The molecule has 1 aliphatic rings. The van der Waals surface area contributed by atoms with Crippen molar-refractivity contribution in [3.05, 3.63) is 16.4 Å². The van der Waals surface area contributed by atoms with Crippen LogP contribution < -0.4 is 0 Å². The van der Waals surface area contributed by atoms with E-state index in [9.17, 15) is 4.79 Å². The zero-order chi connectivity index (χ0) is 14.0. The molecule has 6 heteroatoms. The third kappa shape index (κ3) is 3.48. The molecule has 19 heavy (non-hydrogen) atoms. The molecule has 0 atom stereocenters. The quantitative estimate of drug-likeness (QED) is 0.749. The second-order valence-electron chi connectivity index (χ2n) is 4.92. The van der Waals surface area contributed by atoms with Crippen LogP contribution in [0.2, 0.25) is 5.15 Å². The Balaban J connectivity index is 2.06. The molecule has 1 aromatic heterocycles. The summed E-state index contributed by atoms with van der Waals surface area (Å²) in [6.45, 7) is 5.16. The molecule has 0 amide bonds. The van der Waals surface area contributed by atoms with Crippen molar-refractivity contribution in [3.8, 4) is 0 Å². The summed E-state index contributed by atoms with van der Waals surface area (Å²) in [6, 6.07) is 0.472. The summed E-state index contributed by atoms with van der Waals surface area (Å²) in [5.74, 6) is -0.174. The van der Waals surface area contributed by atoms with Gasteiger partial charge in [-0.1, -0.05) is 11.6 Å². The van der Waals surface area contributed by atoms with Crippen molar-refractivity contribution in [1.29, 1.82) is 0 Å². The smallest absolute Gasteiger partial charge is 0.320 e. The maximum absolute atomic E-state index is 11.6. The lowest BCUT2D eigenvalue weighted by atomic mass is 10.2. The molecule has 1 heterocycles. The van der Waals surface area contributed by atoms with E-state index in [2.05, 4.69) is 10.00 Å². The SMILES string of the molecule is CCOC(=O)CN(Cc1c(C)nn(C)c1Cl)C1CC1. The number of halogens is 1. The highest BCUT2D eigenvalue weighted by Crippen LogP contribution is 2.30. The van der Waals surface area contributed by atoms with Gasteiger partial charge in [0.05, 0.1) is 18.8 Å². The molecule has 0 aromatic carbocycles. The van der Waals surface area contributed by atoms with Gasteiger partial charge in [0.15, 0.2) is 0 Å². The largest absolute Gasteiger partial charge is 0.465 e. The van der Waals surface area contributed by atoms with Crippen LogP contribution in [-0.2, 0) is 23.1 Å². The van der Waals surface area contributed by atoms with Gasteiger partial charge in [0.25, 0.3) is 0 Å². The lowest BCUT2D eigenvalue weighted by molar-refractivity contribution is -0.144. The molecule has 0 radical (unpaired) electrons. The van der Waals surface area contributed by atoms with E-state index in [0.29, 0.717) is 30.9 Å². The summed E-state index contributed by atoms with van der Waals surface area (Å²) in [5.41, 5.74) is 1.92. The second-order valence-corrected chi connectivity index (χ2v) is 5.28. The first-order valence-corrected chi connectivity index (χ1v) is 6.98. The number of hydrogen-bond acceptors (Lipinski definition) is 4. The molecule has 0 unspecified atom stereocenters. The highest BCUT2D eigenvalue weighted by atomic mass is 35.5. The fraction of sp³-hybridized carbons (Fsp3) is 0.692. The van der Waals surface area contributed by atoms with Gasteiger partial charge >= 0.3 is 5.97 Å². The number of aryl methyl sites for hydroxylation is 2. The van der Waals surface area contributed by atoms with E-state index < -0.39 is 0 Å². The zero-order valence-corrected chi connectivity index (χ0v) is 12.4. The van der Waals surface area contributed by atoms with Crippen LogP contribution in [0.3, 0.4) is 0 Å². The van der Waals surface area contributed by atoms with E-state index in [1.165, 1.54) is 0 Å². The lowest BCUT2D eigenvalue weighted by Crippen LogP contribution is -2.32. The minimum Gasteiger partial charge on any atom is -0.465 e. The van der Waals surface area contributed by atoms with Gasteiger partial charge in [-0.3, -0.25) is 14.4 Å². The Labute approximate surface area is 118 Å². The number of carbonyl (C=O) groups excluding carboxylic acids is 1. The molecule has 1 saturated carbocycles. The predicted octanol–water partition coefficient (Wildman–Crippen LogP) is 1.91. The summed E-state index contributed by atoms with van der Waals surface area (Å²) >= 11 is 6.24. The van der Waals surface area contributed by atoms with Crippen molar-refractivity contribution in [2.75, 3.05) is 13.2 Å². The third-order valence-electron chi connectivity index (χ3n) is 3.33. The first-order chi connectivity index (χ1) is 9.02.